The molecule has 0 saturated carbocycles. The quantitative estimate of drug-likeness (QED) is 0.494. The first-order valence-electron chi connectivity index (χ1n) is 11.5. The number of hydrogen-bond donors (Lipinski definition) is 1. The van der Waals surface area contributed by atoms with Gasteiger partial charge < -0.3 is 14.6 Å². The molecule has 1 aliphatic rings. The molecule has 4 rings (SSSR count). The number of amides is 1. The average Bonchev–Trinajstić information content (AvgIpc) is 3.24. The second-order valence-electron chi connectivity index (χ2n) is 8.71. The monoisotopic (exact) mass is 513 g/mol. The first kappa shape index (κ1) is 25.6. The third-order valence-corrected chi connectivity index (χ3v) is 8.14. The number of methoxy groups -OCH3 is 1. The fourth-order valence-electron chi connectivity index (χ4n) is 4.23. The molecule has 190 valence electrons. The van der Waals surface area contributed by atoms with Gasteiger partial charge in [0.1, 0.15) is 17.3 Å². The number of aryl methyl sites for hydroxylation is 2. The van der Waals surface area contributed by atoms with Gasteiger partial charge in [-0.15, -0.1) is 0 Å². The van der Waals surface area contributed by atoms with E-state index in [0.29, 0.717) is 24.3 Å². The van der Waals surface area contributed by atoms with E-state index in [-0.39, 0.29) is 40.9 Å². The number of benzene rings is 2. The Morgan fingerprint density at radius 3 is 2.75 bits per heavy atom. The molecule has 10 heteroatoms. The van der Waals surface area contributed by atoms with Gasteiger partial charge in [0.2, 0.25) is 15.9 Å². The molecular formula is C26H28FN3O5S. The summed E-state index contributed by atoms with van der Waals surface area (Å²) in [6.07, 6.45) is 3.90. The standard InChI is InChI=1S/C26H28FN3O5S/c1-17-10-12-23(34-3)22(15-17)28-26(31)20-8-6-14-30(16-20)36(32,33)25-18(2)29-35-24(25)13-11-19-7-4-5-9-21(19)27/h4-5,7,9-13,15,20H,6,8,14,16H2,1-3H3,(H,28,31)/b13-11+. The van der Waals surface area contributed by atoms with Crippen LogP contribution in [0.2, 0.25) is 0 Å². The van der Waals surface area contributed by atoms with Crippen molar-refractivity contribution in [1.29, 1.82) is 0 Å². The minimum Gasteiger partial charge on any atom is -0.495 e. The minimum absolute atomic E-state index is 0.00632. The number of anilines is 1. The Bertz CT molecular complexity index is 1400. The normalized spacial score (nSPS) is 16.8. The Balaban J connectivity index is 1.55. The first-order chi connectivity index (χ1) is 17.2. The molecule has 8 nitrogen and oxygen atoms in total. The highest BCUT2D eigenvalue weighted by molar-refractivity contribution is 7.89. The smallest absolute Gasteiger partial charge is 0.248 e. The summed E-state index contributed by atoms with van der Waals surface area (Å²) in [6, 6.07) is 11.6. The van der Waals surface area contributed by atoms with Crippen molar-refractivity contribution in [3.8, 4) is 5.75 Å². The van der Waals surface area contributed by atoms with E-state index in [4.69, 9.17) is 9.26 Å². The van der Waals surface area contributed by atoms with E-state index in [2.05, 4.69) is 10.5 Å². The fraction of sp³-hybridized carbons (Fsp3) is 0.308. The minimum atomic E-state index is -4.03. The number of nitrogens with zero attached hydrogens (tertiary/aromatic N) is 2. The van der Waals surface area contributed by atoms with Gasteiger partial charge in [-0.25, -0.2) is 12.8 Å². The first-order valence-corrected chi connectivity index (χ1v) is 13.0. The van der Waals surface area contributed by atoms with Crippen molar-refractivity contribution in [2.75, 3.05) is 25.5 Å². The van der Waals surface area contributed by atoms with Crippen LogP contribution in [-0.4, -0.2) is 44.0 Å². The van der Waals surface area contributed by atoms with E-state index in [0.717, 1.165) is 5.56 Å². The molecule has 1 amide bonds. The Morgan fingerprint density at radius 1 is 1.22 bits per heavy atom. The molecule has 1 aliphatic heterocycles. The van der Waals surface area contributed by atoms with Crippen LogP contribution in [-0.2, 0) is 14.8 Å². The maximum absolute atomic E-state index is 14.0. The van der Waals surface area contributed by atoms with Crippen LogP contribution in [0.3, 0.4) is 0 Å². The number of aromatic nitrogens is 1. The van der Waals surface area contributed by atoms with Crippen LogP contribution in [0.25, 0.3) is 12.2 Å². The molecule has 1 fully saturated rings. The summed E-state index contributed by atoms with van der Waals surface area (Å²) in [5, 5.41) is 6.71. The molecule has 2 heterocycles. The number of sulfonamides is 1. The number of ether oxygens (including phenoxy) is 1. The molecule has 3 aromatic rings. The molecule has 1 saturated heterocycles. The van der Waals surface area contributed by atoms with E-state index < -0.39 is 21.8 Å². The van der Waals surface area contributed by atoms with Gasteiger partial charge in [0.15, 0.2) is 10.7 Å². The van der Waals surface area contributed by atoms with Crippen LogP contribution < -0.4 is 10.1 Å². The second-order valence-corrected chi connectivity index (χ2v) is 10.6. The van der Waals surface area contributed by atoms with E-state index in [1.165, 1.54) is 36.6 Å². The van der Waals surface area contributed by atoms with Crippen LogP contribution in [0.5, 0.6) is 5.75 Å². The highest BCUT2D eigenvalue weighted by atomic mass is 32.2. The molecule has 0 aliphatic carbocycles. The van der Waals surface area contributed by atoms with Crippen molar-refractivity contribution in [1.82, 2.24) is 9.46 Å². The second kappa shape index (κ2) is 10.6. The zero-order valence-electron chi connectivity index (χ0n) is 20.3. The van der Waals surface area contributed by atoms with Gasteiger partial charge in [0.05, 0.1) is 18.7 Å². The number of carbonyl (C=O) groups is 1. The fourth-order valence-corrected chi connectivity index (χ4v) is 6.01. The summed E-state index contributed by atoms with van der Waals surface area (Å²) in [6.45, 7) is 3.73. The lowest BCUT2D eigenvalue weighted by molar-refractivity contribution is -0.120. The molecule has 1 N–H and O–H groups in total. The number of piperidine rings is 1. The molecule has 0 radical (unpaired) electrons. The van der Waals surface area contributed by atoms with Crippen LogP contribution in [0, 0.1) is 25.6 Å². The zero-order valence-corrected chi connectivity index (χ0v) is 21.1. The number of hydrogen-bond acceptors (Lipinski definition) is 6. The summed E-state index contributed by atoms with van der Waals surface area (Å²) in [7, 11) is -2.50. The van der Waals surface area contributed by atoms with Crippen molar-refractivity contribution < 1.29 is 26.9 Å². The summed E-state index contributed by atoms with van der Waals surface area (Å²) in [5.41, 5.74) is 1.98. The lowest BCUT2D eigenvalue weighted by Crippen LogP contribution is -2.44. The molecular weight excluding hydrogens is 485 g/mol. The van der Waals surface area contributed by atoms with Crippen LogP contribution in [0.4, 0.5) is 10.1 Å². The van der Waals surface area contributed by atoms with Crippen molar-refractivity contribution in [3.05, 3.63) is 70.9 Å². The number of carbonyl (C=O) groups excluding carboxylic acids is 1. The highest BCUT2D eigenvalue weighted by Crippen LogP contribution is 2.31. The van der Waals surface area contributed by atoms with Crippen molar-refractivity contribution in [3.63, 3.8) is 0 Å². The summed E-state index contributed by atoms with van der Waals surface area (Å²) in [5.74, 6) is -0.728. The molecule has 1 unspecified atom stereocenters. The Hall–Kier alpha value is -3.50. The average molecular weight is 514 g/mol. The van der Waals surface area contributed by atoms with Gasteiger partial charge in [0.25, 0.3) is 0 Å². The summed E-state index contributed by atoms with van der Waals surface area (Å²) >= 11 is 0. The van der Waals surface area contributed by atoms with Gasteiger partial charge in [-0.3, -0.25) is 4.79 Å². The number of nitrogens with one attached hydrogen (secondary N) is 1. The van der Waals surface area contributed by atoms with E-state index >= 15 is 0 Å². The highest BCUT2D eigenvalue weighted by Gasteiger charge is 2.37. The maximum atomic E-state index is 14.0. The lowest BCUT2D eigenvalue weighted by Gasteiger charge is -2.31. The Labute approximate surface area is 209 Å². The molecule has 1 aromatic heterocycles. The lowest BCUT2D eigenvalue weighted by atomic mass is 9.98. The maximum Gasteiger partial charge on any atom is 0.248 e. The van der Waals surface area contributed by atoms with Gasteiger partial charge in [-0.05, 0) is 62.6 Å². The van der Waals surface area contributed by atoms with Crippen molar-refractivity contribution >= 4 is 33.8 Å². The summed E-state index contributed by atoms with van der Waals surface area (Å²) in [4.78, 5) is 13.0. The third-order valence-electron chi connectivity index (χ3n) is 6.12. The summed E-state index contributed by atoms with van der Waals surface area (Å²) < 4.78 is 53.1. The molecule has 2 aromatic carbocycles. The van der Waals surface area contributed by atoms with Crippen molar-refractivity contribution in [2.24, 2.45) is 5.92 Å². The van der Waals surface area contributed by atoms with Crippen molar-refractivity contribution in [2.45, 2.75) is 31.6 Å². The molecule has 36 heavy (non-hydrogen) atoms. The predicted octanol–water partition coefficient (Wildman–Crippen LogP) is 4.65. The van der Waals surface area contributed by atoms with E-state index in [1.807, 2.05) is 19.1 Å². The van der Waals surface area contributed by atoms with Gasteiger partial charge in [-0.2, -0.15) is 4.31 Å². The van der Waals surface area contributed by atoms with Gasteiger partial charge in [-0.1, -0.05) is 29.4 Å². The Morgan fingerprint density at radius 2 is 2.00 bits per heavy atom. The van der Waals surface area contributed by atoms with E-state index in [9.17, 15) is 17.6 Å². The third kappa shape index (κ3) is 5.34. The number of rotatable bonds is 7. The number of halogens is 1. The van der Waals surface area contributed by atoms with Crippen LogP contribution >= 0.6 is 0 Å². The predicted molar refractivity (Wildman–Crippen MR) is 134 cm³/mol. The zero-order chi connectivity index (χ0) is 25.9. The molecule has 1 atom stereocenters. The van der Waals surface area contributed by atoms with Crippen LogP contribution in [0.15, 0.2) is 51.9 Å². The largest absolute Gasteiger partial charge is 0.495 e. The van der Waals surface area contributed by atoms with Gasteiger partial charge in [0, 0.05) is 18.7 Å². The SMILES string of the molecule is COc1ccc(C)cc1NC(=O)C1CCCN(S(=O)(=O)c2c(C)noc2/C=C/c2ccccc2F)C1. The van der Waals surface area contributed by atoms with E-state index in [1.54, 1.807) is 24.3 Å². The van der Waals surface area contributed by atoms with Gasteiger partial charge >= 0.3 is 0 Å². The molecule has 0 bridgehead atoms. The Kier molecular flexibility index (Phi) is 7.56. The molecule has 0 spiro atoms. The van der Waals surface area contributed by atoms with Crippen LogP contribution in [0.1, 0.15) is 35.4 Å². The topological polar surface area (TPSA) is 102 Å².